The van der Waals surface area contributed by atoms with Gasteiger partial charge < -0.3 is 15.0 Å². The Bertz CT molecular complexity index is 350. The standard InChI is InChI=1S/C12H17N3O2/c16-12(11-1-3-13-4-2-11)14-5-6-15-7-9-17-10-8-15/h1-4H,5-10H2,(H,14,16)/p+1. The number of nitrogens with zero attached hydrogens (tertiary/aromatic N) is 1. The average Bonchev–Trinajstić information content (AvgIpc) is 2.41. The maximum Gasteiger partial charge on any atom is 0.251 e. The molecule has 5 nitrogen and oxygen atoms in total. The van der Waals surface area contributed by atoms with E-state index in [0.29, 0.717) is 12.1 Å². The number of ether oxygens (including phenoxy) is 1. The molecule has 1 aliphatic rings. The number of quaternary nitrogens is 1. The molecule has 5 heteroatoms. The van der Waals surface area contributed by atoms with Crippen LogP contribution in [0.2, 0.25) is 0 Å². The molecule has 0 saturated carbocycles. The molecule has 1 fully saturated rings. The molecular formula is C12H18N3O2+. The van der Waals surface area contributed by atoms with E-state index in [4.69, 9.17) is 4.74 Å². The van der Waals surface area contributed by atoms with Crippen molar-refractivity contribution in [1.29, 1.82) is 0 Å². The van der Waals surface area contributed by atoms with Crippen LogP contribution in [0.25, 0.3) is 0 Å². The van der Waals surface area contributed by atoms with E-state index in [1.54, 1.807) is 24.5 Å². The molecule has 17 heavy (non-hydrogen) atoms. The van der Waals surface area contributed by atoms with Crippen molar-refractivity contribution in [1.82, 2.24) is 10.3 Å². The number of morpholine rings is 1. The van der Waals surface area contributed by atoms with Crippen LogP contribution in [0.1, 0.15) is 10.4 Å². The second-order valence-electron chi connectivity index (χ2n) is 4.10. The molecule has 0 radical (unpaired) electrons. The summed E-state index contributed by atoms with van der Waals surface area (Å²) < 4.78 is 5.28. The van der Waals surface area contributed by atoms with Gasteiger partial charge in [-0.3, -0.25) is 9.78 Å². The third kappa shape index (κ3) is 3.80. The molecule has 92 valence electrons. The van der Waals surface area contributed by atoms with Crippen LogP contribution in [0.4, 0.5) is 0 Å². The first-order chi connectivity index (χ1) is 8.36. The van der Waals surface area contributed by atoms with Crippen molar-refractivity contribution in [3.8, 4) is 0 Å². The van der Waals surface area contributed by atoms with Crippen molar-refractivity contribution < 1.29 is 14.4 Å². The molecule has 2 heterocycles. The summed E-state index contributed by atoms with van der Waals surface area (Å²) in [6.45, 7) is 5.38. The lowest BCUT2D eigenvalue weighted by Gasteiger charge is -2.23. The average molecular weight is 236 g/mol. The maximum atomic E-state index is 11.7. The van der Waals surface area contributed by atoms with Crippen LogP contribution in [0.3, 0.4) is 0 Å². The first-order valence-electron chi connectivity index (χ1n) is 5.96. The molecular weight excluding hydrogens is 218 g/mol. The molecule has 2 rings (SSSR count). The second kappa shape index (κ2) is 6.32. The number of carbonyl (C=O) groups excluding carboxylic acids is 1. The summed E-state index contributed by atoms with van der Waals surface area (Å²) in [5.74, 6) is -0.0277. The Morgan fingerprint density at radius 1 is 1.35 bits per heavy atom. The van der Waals surface area contributed by atoms with E-state index in [1.807, 2.05) is 0 Å². The largest absolute Gasteiger partial charge is 0.370 e. The van der Waals surface area contributed by atoms with Gasteiger partial charge in [0.15, 0.2) is 0 Å². The quantitative estimate of drug-likeness (QED) is 0.685. The van der Waals surface area contributed by atoms with Gasteiger partial charge in [0, 0.05) is 18.0 Å². The lowest BCUT2D eigenvalue weighted by atomic mass is 10.2. The van der Waals surface area contributed by atoms with E-state index >= 15 is 0 Å². The summed E-state index contributed by atoms with van der Waals surface area (Å²) in [4.78, 5) is 17.1. The minimum atomic E-state index is -0.0277. The monoisotopic (exact) mass is 236 g/mol. The molecule has 0 atom stereocenters. The molecule has 1 aromatic heterocycles. The highest BCUT2D eigenvalue weighted by atomic mass is 16.5. The zero-order valence-corrected chi connectivity index (χ0v) is 9.82. The zero-order chi connectivity index (χ0) is 11.9. The summed E-state index contributed by atoms with van der Waals surface area (Å²) in [7, 11) is 0. The second-order valence-corrected chi connectivity index (χ2v) is 4.10. The topological polar surface area (TPSA) is 55.7 Å². The third-order valence-corrected chi connectivity index (χ3v) is 2.91. The van der Waals surface area contributed by atoms with Crippen molar-refractivity contribution >= 4 is 5.91 Å². The number of pyridine rings is 1. The predicted octanol–water partition coefficient (Wildman–Crippen LogP) is -1.27. The summed E-state index contributed by atoms with van der Waals surface area (Å²) >= 11 is 0. The van der Waals surface area contributed by atoms with Crippen molar-refractivity contribution in [2.24, 2.45) is 0 Å². The zero-order valence-electron chi connectivity index (χ0n) is 9.82. The first-order valence-corrected chi connectivity index (χ1v) is 5.96. The van der Waals surface area contributed by atoms with Gasteiger partial charge >= 0.3 is 0 Å². The summed E-state index contributed by atoms with van der Waals surface area (Å²) in [5.41, 5.74) is 0.664. The van der Waals surface area contributed by atoms with E-state index in [0.717, 1.165) is 32.8 Å². The molecule has 1 aliphatic heterocycles. The predicted molar refractivity (Wildman–Crippen MR) is 63.0 cm³/mol. The Kier molecular flexibility index (Phi) is 4.46. The number of amides is 1. The number of aromatic nitrogens is 1. The molecule has 0 unspecified atom stereocenters. The normalized spacial score (nSPS) is 16.7. The van der Waals surface area contributed by atoms with Gasteiger partial charge in [0.1, 0.15) is 13.1 Å². The van der Waals surface area contributed by atoms with Gasteiger partial charge in [-0.05, 0) is 12.1 Å². The molecule has 1 saturated heterocycles. The summed E-state index contributed by atoms with van der Waals surface area (Å²) in [6.07, 6.45) is 3.25. The van der Waals surface area contributed by atoms with Crippen LogP contribution < -0.4 is 10.2 Å². The summed E-state index contributed by atoms with van der Waals surface area (Å²) in [5, 5.41) is 2.92. The highest BCUT2D eigenvalue weighted by Gasteiger charge is 2.13. The van der Waals surface area contributed by atoms with E-state index in [1.165, 1.54) is 4.90 Å². The van der Waals surface area contributed by atoms with Crippen LogP contribution in [-0.2, 0) is 4.74 Å². The van der Waals surface area contributed by atoms with Gasteiger partial charge in [0.05, 0.1) is 26.3 Å². The van der Waals surface area contributed by atoms with Crippen molar-refractivity contribution in [2.45, 2.75) is 0 Å². The highest BCUT2D eigenvalue weighted by Crippen LogP contribution is 1.94. The van der Waals surface area contributed by atoms with Gasteiger partial charge in [0.25, 0.3) is 5.91 Å². The van der Waals surface area contributed by atoms with Crippen molar-refractivity contribution in [2.75, 3.05) is 39.4 Å². The SMILES string of the molecule is O=C(NCC[NH+]1CCOCC1)c1ccncc1. The Labute approximate surface area is 101 Å². The number of rotatable bonds is 4. The third-order valence-electron chi connectivity index (χ3n) is 2.91. The molecule has 0 spiro atoms. The molecule has 1 aromatic rings. The Hall–Kier alpha value is -1.46. The van der Waals surface area contributed by atoms with Gasteiger partial charge in [-0.25, -0.2) is 0 Å². The number of hydrogen-bond donors (Lipinski definition) is 2. The highest BCUT2D eigenvalue weighted by molar-refractivity contribution is 5.93. The minimum Gasteiger partial charge on any atom is -0.370 e. The molecule has 0 aliphatic carbocycles. The fraction of sp³-hybridized carbons (Fsp3) is 0.500. The molecule has 1 amide bonds. The van der Waals surface area contributed by atoms with Crippen molar-refractivity contribution in [3.05, 3.63) is 30.1 Å². The van der Waals surface area contributed by atoms with Crippen LogP contribution >= 0.6 is 0 Å². The smallest absolute Gasteiger partial charge is 0.251 e. The van der Waals surface area contributed by atoms with Gasteiger partial charge in [-0.2, -0.15) is 0 Å². The fourth-order valence-corrected chi connectivity index (χ4v) is 1.87. The number of carbonyl (C=O) groups is 1. The van der Waals surface area contributed by atoms with Crippen LogP contribution in [0, 0.1) is 0 Å². The first kappa shape index (κ1) is 12.0. The number of hydrogen-bond acceptors (Lipinski definition) is 3. The number of nitrogens with one attached hydrogen (secondary N) is 2. The molecule has 0 bridgehead atoms. The summed E-state index contributed by atoms with van der Waals surface area (Å²) in [6, 6.07) is 3.44. The maximum absolute atomic E-state index is 11.7. The lowest BCUT2D eigenvalue weighted by Crippen LogP contribution is -3.14. The molecule has 0 aromatic carbocycles. The van der Waals surface area contributed by atoms with Crippen LogP contribution in [-0.4, -0.2) is 50.3 Å². The van der Waals surface area contributed by atoms with Gasteiger partial charge in [-0.1, -0.05) is 0 Å². The lowest BCUT2D eigenvalue weighted by molar-refractivity contribution is -0.906. The Morgan fingerprint density at radius 2 is 2.06 bits per heavy atom. The molecule has 2 N–H and O–H groups in total. The van der Waals surface area contributed by atoms with E-state index in [2.05, 4.69) is 10.3 Å². The Morgan fingerprint density at radius 3 is 2.76 bits per heavy atom. The van der Waals surface area contributed by atoms with E-state index in [-0.39, 0.29) is 5.91 Å². The van der Waals surface area contributed by atoms with Crippen molar-refractivity contribution in [3.63, 3.8) is 0 Å². The fourth-order valence-electron chi connectivity index (χ4n) is 1.87. The van der Waals surface area contributed by atoms with Crippen LogP contribution in [0.5, 0.6) is 0 Å². The Balaban J connectivity index is 1.69. The van der Waals surface area contributed by atoms with Gasteiger partial charge in [0.2, 0.25) is 0 Å². The van der Waals surface area contributed by atoms with Gasteiger partial charge in [-0.15, -0.1) is 0 Å². The van der Waals surface area contributed by atoms with E-state index in [9.17, 15) is 4.79 Å². The van der Waals surface area contributed by atoms with E-state index < -0.39 is 0 Å². The minimum absolute atomic E-state index is 0.0277. The van der Waals surface area contributed by atoms with Crippen LogP contribution in [0.15, 0.2) is 24.5 Å².